The Bertz CT molecular complexity index is 548. The van der Waals surface area contributed by atoms with Crippen LogP contribution in [0.2, 0.25) is 0 Å². The van der Waals surface area contributed by atoms with Gasteiger partial charge in [0.05, 0.1) is 12.7 Å². The standard InChI is InChI=1S/C17H18O2/c18-16(8-6-13-4-2-1-3-5-13)14-7-9-17-15(12-14)10-11-19-17/h1-5,7,9,12,16,18H,6,8,10-11H2. The predicted molar refractivity (Wildman–Crippen MR) is 75.4 cm³/mol. The highest BCUT2D eigenvalue weighted by molar-refractivity contribution is 5.40. The lowest BCUT2D eigenvalue weighted by atomic mass is 9.99. The normalized spacial score (nSPS) is 14.8. The summed E-state index contributed by atoms with van der Waals surface area (Å²) in [5.41, 5.74) is 3.49. The van der Waals surface area contributed by atoms with Crippen LogP contribution in [0.3, 0.4) is 0 Å². The number of aliphatic hydroxyl groups is 1. The van der Waals surface area contributed by atoms with Crippen LogP contribution in [-0.4, -0.2) is 11.7 Å². The lowest BCUT2D eigenvalue weighted by Gasteiger charge is -2.12. The molecule has 0 aliphatic carbocycles. The van der Waals surface area contributed by atoms with Gasteiger partial charge in [-0.2, -0.15) is 0 Å². The summed E-state index contributed by atoms with van der Waals surface area (Å²) >= 11 is 0. The van der Waals surface area contributed by atoms with Crippen LogP contribution >= 0.6 is 0 Å². The molecule has 19 heavy (non-hydrogen) atoms. The van der Waals surface area contributed by atoms with E-state index in [1.807, 2.05) is 30.3 Å². The Morgan fingerprint density at radius 3 is 2.79 bits per heavy atom. The smallest absolute Gasteiger partial charge is 0.122 e. The van der Waals surface area contributed by atoms with E-state index in [4.69, 9.17) is 4.74 Å². The third kappa shape index (κ3) is 2.79. The first-order valence-corrected chi connectivity index (χ1v) is 6.80. The third-order valence-corrected chi connectivity index (χ3v) is 3.65. The van der Waals surface area contributed by atoms with Gasteiger partial charge in [0, 0.05) is 6.42 Å². The van der Waals surface area contributed by atoms with E-state index in [0.717, 1.165) is 37.2 Å². The SMILES string of the molecule is OC(CCc1ccccc1)c1ccc2c(c1)CCO2. The number of benzene rings is 2. The predicted octanol–water partition coefficient (Wildman–Crippen LogP) is 3.29. The highest BCUT2D eigenvalue weighted by Crippen LogP contribution is 2.29. The van der Waals surface area contributed by atoms with Gasteiger partial charge in [-0.3, -0.25) is 0 Å². The van der Waals surface area contributed by atoms with Gasteiger partial charge < -0.3 is 9.84 Å². The number of aryl methyl sites for hydroxylation is 1. The number of ether oxygens (including phenoxy) is 1. The van der Waals surface area contributed by atoms with E-state index in [0.29, 0.717) is 0 Å². The second-order valence-electron chi connectivity index (χ2n) is 5.01. The molecule has 1 heterocycles. The number of fused-ring (bicyclic) bond motifs is 1. The molecule has 1 aliphatic heterocycles. The molecule has 2 aromatic carbocycles. The fourth-order valence-corrected chi connectivity index (χ4v) is 2.53. The van der Waals surface area contributed by atoms with E-state index >= 15 is 0 Å². The average Bonchev–Trinajstić information content (AvgIpc) is 2.93. The first kappa shape index (κ1) is 12.2. The van der Waals surface area contributed by atoms with Gasteiger partial charge in [0.25, 0.3) is 0 Å². The van der Waals surface area contributed by atoms with Crippen molar-refractivity contribution < 1.29 is 9.84 Å². The van der Waals surface area contributed by atoms with Gasteiger partial charge in [0.1, 0.15) is 5.75 Å². The molecule has 1 atom stereocenters. The fraction of sp³-hybridized carbons (Fsp3) is 0.294. The molecule has 0 radical (unpaired) electrons. The van der Waals surface area contributed by atoms with Crippen molar-refractivity contribution in [2.24, 2.45) is 0 Å². The highest BCUT2D eigenvalue weighted by Gasteiger charge is 2.15. The van der Waals surface area contributed by atoms with Gasteiger partial charge in [0.15, 0.2) is 0 Å². The zero-order chi connectivity index (χ0) is 13.1. The number of rotatable bonds is 4. The first-order chi connectivity index (χ1) is 9.33. The maximum absolute atomic E-state index is 10.3. The molecule has 0 bridgehead atoms. The number of aliphatic hydroxyl groups excluding tert-OH is 1. The van der Waals surface area contributed by atoms with E-state index in [-0.39, 0.29) is 0 Å². The van der Waals surface area contributed by atoms with Gasteiger partial charge >= 0.3 is 0 Å². The summed E-state index contributed by atoms with van der Waals surface area (Å²) in [5, 5.41) is 10.3. The van der Waals surface area contributed by atoms with Crippen LogP contribution in [0, 0.1) is 0 Å². The van der Waals surface area contributed by atoms with Gasteiger partial charge in [-0.1, -0.05) is 36.4 Å². The molecule has 1 unspecified atom stereocenters. The lowest BCUT2D eigenvalue weighted by Crippen LogP contribution is -2.00. The largest absolute Gasteiger partial charge is 0.493 e. The van der Waals surface area contributed by atoms with Gasteiger partial charge in [0.2, 0.25) is 0 Å². The summed E-state index contributed by atoms with van der Waals surface area (Å²) in [7, 11) is 0. The molecule has 1 N–H and O–H groups in total. The molecule has 0 aromatic heterocycles. The van der Waals surface area contributed by atoms with Crippen LogP contribution in [0.25, 0.3) is 0 Å². The molecule has 0 saturated heterocycles. The molecule has 2 heteroatoms. The van der Waals surface area contributed by atoms with Crippen molar-refractivity contribution in [3.05, 3.63) is 65.2 Å². The first-order valence-electron chi connectivity index (χ1n) is 6.80. The van der Waals surface area contributed by atoms with Crippen molar-refractivity contribution in [3.8, 4) is 5.75 Å². The molecule has 0 spiro atoms. The van der Waals surface area contributed by atoms with Crippen LogP contribution in [0.4, 0.5) is 0 Å². The molecule has 0 amide bonds. The van der Waals surface area contributed by atoms with Crippen LogP contribution < -0.4 is 4.74 Å². The topological polar surface area (TPSA) is 29.5 Å². The van der Waals surface area contributed by atoms with E-state index in [9.17, 15) is 5.11 Å². The summed E-state index contributed by atoms with van der Waals surface area (Å²) < 4.78 is 5.48. The molecule has 2 aromatic rings. The summed E-state index contributed by atoms with van der Waals surface area (Å²) in [5.74, 6) is 0.971. The van der Waals surface area contributed by atoms with E-state index in [1.54, 1.807) is 0 Å². The Labute approximate surface area is 113 Å². The maximum atomic E-state index is 10.3. The van der Waals surface area contributed by atoms with E-state index in [2.05, 4.69) is 18.2 Å². The minimum Gasteiger partial charge on any atom is -0.493 e. The second-order valence-corrected chi connectivity index (χ2v) is 5.01. The van der Waals surface area contributed by atoms with Gasteiger partial charge in [-0.25, -0.2) is 0 Å². The lowest BCUT2D eigenvalue weighted by molar-refractivity contribution is 0.168. The molecular weight excluding hydrogens is 236 g/mol. The van der Waals surface area contributed by atoms with Crippen LogP contribution in [0.1, 0.15) is 29.2 Å². The monoisotopic (exact) mass is 254 g/mol. The van der Waals surface area contributed by atoms with Crippen molar-refractivity contribution >= 4 is 0 Å². The Morgan fingerprint density at radius 1 is 1.11 bits per heavy atom. The Balaban J connectivity index is 1.65. The molecule has 0 fully saturated rings. The van der Waals surface area contributed by atoms with Crippen molar-refractivity contribution in [2.45, 2.75) is 25.4 Å². The summed E-state index contributed by atoms with van der Waals surface area (Å²) in [4.78, 5) is 0. The number of hydrogen-bond acceptors (Lipinski definition) is 2. The van der Waals surface area contributed by atoms with Crippen molar-refractivity contribution in [3.63, 3.8) is 0 Å². The molecule has 2 nitrogen and oxygen atoms in total. The van der Waals surface area contributed by atoms with Crippen molar-refractivity contribution in [1.82, 2.24) is 0 Å². The van der Waals surface area contributed by atoms with Crippen LogP contribution in [-0.2, 0) is 12.8 Å². The van der Waals surface area contributed by atoms with E-state index in [1.165, 1.54) is 11.1 Å². The summed E-state index contributed by atoms with van der Waals surface area (Å²) in [6, 6.07) is 16.3. The molecule has 1 aliphatic rings. The van der Waals surface area contributed by atoms with Gasteiger partial charge in [-0.15, -0.1) is 0 Å². The maximum Gasteiger partial charge on any atom is 0.122 e. The molecule has 3 rings (SSSR count). The molecule has 0 saturated carbocycles. The Hall–Kier alpha value is -1.80. The van der Waals surface area contributed by atoms with Crippen molar-refractivity contribution in [2.75, 3.05) is 6.61 Å². The fourth-order valence-electron chi connectivity index (χ4n) is 2.53. The quantitative estimate of drug-likeness (QED) is 0.907. The number of hydrogen-bond donors (Lipinski definition) is 1. The Morgan fingerprint density at radius 2 is 1.95 bits per heavy atom. The second kappa shape index (κ2) is 5.45. The van der Waals surface area contributed by atoms with Gasteiger partial charge in [-0.05, 0) is 41.7 Å². The summed E-state index contributed by atoms with van der Waals surface area (Å²) in [6.45, 7) is 0.763. The molecule has 98 valence electrons. The zero-order valence-corrected chi connectivity index (χ0v) is 10.9. The minimum atomic E-state index is -0.397. The Kier molecular flexibility index (Phi) is 3.51. The summed E-state index contributed by atoms with van der Waals surface area (Å²) in [6.07, 6.45) is 2.21. The van der Waals surface area contributed by atoms with Crippen LogP contribution in [0.5, 0.6) is 5.75 Å². The average molecular weight is 254 g/mol. The highest BCUT2D eigenvalue weighted by atomic mass is 16.5. The van der Waals surface area contributed by atoms with E-state index < -0.39 is 6.10 Å². The minimum absolute atomic E-state index is 0.397. The molecular formula is C17H18O2. The third-order valence-electron chi connectivity index (χ3n) is 3.65. The van der Waals surface area contributed by atoms with Crippen molar-refractivity contribution in [1.29, 1.82) is 0 Å². The van der Waals surface area contributed by atoms with Crippen LogP contribution in [0.15, 0.2) is 48.5 Å². The zero-order valence-electron chi connectivity index (χ0n) is 10.9.